The van der Waals surface area contributed by atoms with E-state index in [1.807, 2.05) is 18.4 Å². The molecular weight excluding hydrogens is 242 g/mol. The van der Waals surface area contributed by atoms with Gasteiger partial charge in [0.2, 0.25) is 0 Å². The molecule has 2 aromatic rings. The first kappa shape index (κ1) is 11.5. The standard InChI is InChI=1S/C11H12ClN3S/c1-3-4-8-5-10(12)15-11(14-8)9-6-16-7(2)13-9/h5-6H,3-4H2,1-2H3. The maximum absolute atomic E-state index is 5.97. The molecule has 0 N–H and O–H groups in total. The van der Waals surface area contributed by atoms with Crippen molar-refractivity contribution in [2.24, 2.45) is 0 Å². The number of thiazole rings is 1. The van der Waals surface area contributed by atoms with Crippen molar-refractivity contribution in [2.45, 2.75) is 26.7 Å². The molecule has 0 spiro atoms. The van der Waals surface area contributed by atoms with Gasteiger partial charge >= 0.3 is 0 Å². The third-order valence-corrected chi connectivity index (χ3v) is 3.07. The third-order valence-electron chi connectivity index (χ3n) is 2.10. The summed E-state index contributed by atoms with van der Waals surface area (Å²) in [5, 5.41) is 3.45. The lowest BCUT2D eigenvalue weighted by Crippen LogP contribution is -1.96. The Bertz CT molecular complexity index is 496. The molecule has 0 fully saturated rings. The summed E-state index contributed by atoms with van der Waals surface area (Å²) in [5.41, 5.74) is 1.78. The van der Waals surface area contributed by atoms with Gasteiger partial charge in [-0.05, 0) is 19.4 Å². The van der Waals surface area contributed by atoms with Crippen molar-refractivity contribution >= 4 is 22.9 Å². The van der Waals surface area contributed by atoms with Crippen LogP contribution < -0.4 is 0 Å². The van der Waals surface area contributed by atoms with Crippen molar-refractivity contribution in [3.05, 3.63) is 27.3 Å². The van der Waals surface area contributed by atoms with Crippen molar-refractivity contribution < 1.29 is 0 Å². The zero-order valence-corrected chi connectivity index (χ0v) is 10.8. The Morgan fingerprint density at radius 3 is 2.75 bits per heavy atom. The van der Waals surface area contributed by atoms with Gasteiger partial charge in [0.05, 0.1) is 5.01 Å². The van der Waals surface area contributed by atoms with E-state index in [0.29, 0.717) is 11.0 Å². The van der Waals surface area contributed by atoms with Crippen LogP contribution in [0.5, 0.6) is 0 Å². The maximum Gasteiger partial charge on any atom is 0.180 e. The highest BCUT2D eigenvalue weighted by molar-refractivity contribution is 7.09. The van der Waals surface area contributed by atoms with Gasteiger partial charge in [0.25, 0.3) is 0 Å². The van der Waals surface area contributed by atoms with Gasteiger partial charge in [-0.2, -0.15) is 0 Å². The van der Waals surface area contributed by atoms with E-state index in [1.54, 1.807) is 11.3 Å². The lowest BCUT2D eigenvalue weighted by atomic mass is 10.2. The van der Waals surface area contributed by atoms with Crippen LogP contribution in [0, 0.1) is 6.92 Å². The second kappa shape index (κ2) is 4.89. The Morgan fingerprint density at radius 2 is 2.12 bits per heavy atom. The molecule has 0 aliphatic carbocycles. The molecule has 84 valence electrons. The summed E-state index contributed by atoms with van der Waals surface area (Å²) in [6.45, 7) is 4.08. The van der Waals surface area contributed by atoms with Crippen LogP contribution in [0.4, 0.5) is 0 Å². The first-order chi connectivity index (χ1) is 7.69. The highest BCUT2D eigenvalue weighted by atomic mass is 35.5. The van der Waals surface area contributed by atoms with Crippen molar-refractivity contribution in [1.29, 1.82) is 0 Å². The minimum Gasteiger partial charge on any atom is -0.238 e. The fourth-order valence-corrected chi connectivity index (χ4v) is 2.23. The number of nitrogens with zero attached hydrogens (tertiary/aromatic N) is 3. The Hall–Kier alpha value is -1.00. The highest BCUT2D eigenvalue weighted by Gasteiger charge is 2.08. The van der Waals surface area contributed by atoms with E-state index < -0.39 is 0 Å². The van der Waals surface area contributed by atoms with Gasteiger partial charge in [0.15, 0.2) is 5.82 Å². The molecule has 2 heterocycles. The fraction of sp³-hybridized carbons (Fsp3) is 0.364. The van der Waals surface area contributed by atoms with Crippen molar-refractivity contribution in [3.63, 3.8) is 0 Å². The van der Waals surface area contributed by atoms with Crippen LogP contribution in [-0.2, 0) is 6.42 Å². The summed E-state index contributed by atoms with van der Waals surface area (Å²) in [5.74, 6) is 0.625. The molecule has 2 rings (SSSR count). The van der Waals surface area contributed by atoms with Crippen molar-refractivity contribution in [1.82, 2.24) is 15.0 Å². The van der Waals surface area contributed by atoms with Crippen LogP contribution in [0.15, 0.2) is 11.4 Å². The summed E-state index contributed by atoms with van der Waals surface area (Å²) in [7, 11) is 0. The second-order valence-corrected chi connectivity index (χ2v) is 4.96. The number of hydrogen-bond acceptors (Lipinski definition) is 4. The molecule has 2 aromatic heterocycles. The topological polar surface area (TPSA) is 38.7 Å². The molecule has 0 amide bonds. The van der Waals surface area contributed by atoms with Crippen LogP contribution in [0.2, 0.25) is 5.15 Å². The largest absolute Gasteiger partial charge is 0.238 e. The Labute approximate surface area is 104 Å². The lowest BCUT2D eigenvalue weighted by Gasteiger charge is -2.01. The molecule has 0 aliphatic heterocycles. The van der Waals surface area contributed by atoms with Gasteiger partial charge in [-0.1, -0.05) is 24.9 Å². The van der Waals surface area contributed by atoms with Gasteiger partial charge in [-0.15, -0.1) is 11.3 Å². The summed E-state index contributed by atoms with van der Waals surface area (Å²) in [4.78, 5) is 13.0. The van der Waals surface area contributed by atoms with Crippen molar-refractivity contribution in [2.75, 3.05) is 0 Å². The molecule has 0 aliphatic rings. The summed E-state index contributed by atoms with van der Waals surface area (Å²) in [6, 6.07) is 1.81. The first-order valence-electron chi connectivity index (χ1n) is 5.15. The molecule has 0 unspecified atom stereocenters. The summed E-state index contributed by atoms with van der Waals surface area (Å²) >= 11 is 7.56. The molecule has 0 aromatic carbocycles. The smallest absolute Gasteiger partial charge is 0.180 e. The van der Waals surface area contributed by atoms with Crippen LogP contribution in [-0.4, -0.2) is 15.0 Å². The van der Waals surface area contributed by atoms with Crippen LogP contribution in [0.25, 0.3) is 11.5 Å². The Balaban J connectivity index is 2.40. The van der Waals surface area contributed by atoms with Crippen LogP contribution >= 0.6 is 22.9 Å². The zero-order valence-electron chi connectivity index (χ0n) is 9.20. The van der Waals surface area contributed by atoms with Crippen LogP contribution in [0.1, 0.15) is 24.0 Å². The Kier molecular flexibility index (Phi) is 3.51. The minimum absolute atomic E-state index is 0.485. The maximum atomic E-state index is 5.97. The minimum atomic E-state index is 0.485. The predicted octanol–water partition coefficient (Wildman–Crippen LogP) is 3.51. The number of hydrogen-bond donors (Lipinski definition) is 0. The van der Waals surface area contributed by atoms with Gasteiger partial charge < -0.3 is 0 Å². The molecule has 16 heavy (non-hydrogen) atoms. The molecule has 3 nitrogen and oxygen atoms in total. The number of aryl methyl sites for hydroxylation is 2. The molecule has 0 atom stereocenters. The summed E-state index contributed by atoms with van der Waals surface area (Å²) in [6.07, 6.45) is 1.96. The quantitative estimate of drug-likeness (QED) is 0.786. The van der Waals surface area contributed by atoms with Gasteiger partial charge in [0, 0.05) is 11.1 Å². The molecule has 5 heteroatoms. The van der Waals surface area contributed by atoms with E-state index in [1.165, 1.54) is 0 Å². The Morgan fingerprint density at radius 1 is 1.31 bits per heavy atom. The van der Waals surface area contributed by atoms with E-state index in [-0.39, 0.29) is 0 Å². The number of aromatic nitrogens is 3. The van der Waals surface area contributed by atoms with Gasteiger partial charge in [-0.3, -0.25) is 0 Å². The van der Waals surface area contributed by atoms with E-state index in [2.05, 4.69) is 21.9 Å². The fourth-order valence-electron chi connectivity index (χ4n) is 1.43. The molecule has 0 saturated heterocycles. The first-order valence-corrected chi connectivity index (χ1v) is 6.40. The molecule has 0 saturated carbocycles. The van der Waals surface area contributed by atoms with Gasteiger partial charge in [0.1, 0.15) is 10.8 Å². The normalized spacial score (nSPS) is 10.7. The highest BCUT2D eigenvalue weighted by Crippen LogP contribution is 2.20. The predicted molar refractivity (Wildman–Crippen MR) is 66.9 cm³/mol. The molecular formula is C11H12ClN3S. The zero-order chi connectivity index (χ0) is 11.5. The van der Waals surface area contributed by atoms with Crippen molar-refractivity contribution in [3.8, 4) is 11.5 Å². The lowest BCUT2D eigenvalue weighted by molar-refractivity contribution is 0.874. The van der Waals surface area contributed by atoms with E-state index in [9.17, 15) is 0 Å². The second-order valence-electron chi connectivity index (χ2n) is 3.51. The average molecular weight is 254 g/mol. The third kappa shape index (κ3) is 2.57. The van der Waals surface area contributed by atoms with E-state index in [0.717, 1.165) is 29.2 Å². The number of rotatable bonds is 3. The molecule has 0 radical (unpaired) electrons. The van der Waals surface area contributed by atoms with E-state index >= 15 is 0 Å². The SMILES string of the molecule is CCCc1cc(Cl)nc(-c2csc(C)n2)n1. The van der Waals surface area contributed by atoms with E-state index in [4.69, 9.17) is 11.6 Å². The monoisotopic (exact) mass is 253 g/mol. The molecule has 0 bridgehead atoms. The van der Waals surface area contributed by atoms with Crippen LogP contribution in [0.3, 0.4) is 0 Å². The summed E-state index contributed by atoms with van der Waals surface area (Å²) < 4.78 is 0. The number of halogens is 1. The average Bonchev–Trinajstić information content (AvgIpc) is 2.64. The van der Waals surface area contributed by atoms with Gasteiger partial charge in [-0.25, -0.2) is 15.0 Å².